The molecule has 0 saturated carbocycles. The van der Waals surface area contributed by atoms with E-state index in [1.54, 1.807) is 0 Å². The van der Waals surface area contributed by atoms with Crippen LogP contribution in [-0.4, -0.2) is 19.0 Å². The third-order valence-corrected chi connectivity index (χ3v) is 2.75. The number of carbonyl (C=O) groups is 1. The Labute approximate surface area is 83.9 Å². The van der Waals surface area contributed by atoms with Crippen molar-refractivity contribution in [3.05, 3.63) is 35.4 Å². The van der Waals surface area contributed by atoms with E-state index in [9.17, 15) is 4.79 Å². The maximum Gasteiger partial charge on any atom is 0.164 e. The maximum absolute atomic E-state index is 11.4. The quantitative estimate of drug-likeness (QED) is 0.710. The first kappa shape index (κ1) is 9.41. The number of hydrogen-bond acceptors (Lipinski definition) is 2. The molecule has 1 aromatic carbocycles. The fourth-order valence-electron chi connectivity index (χ4n) is 1.79. The maximum atomic E-state index is 11.4. The second-order valence-corrected chi connectivity index (χ2v) is 3.81. The van der Waals surface area contributed by atoms with E-state index in [1.165, 1.54) is 11.1 Å². The van der Waals surface area contributed by atoms with Crippen LogP contribution in [-0.2, 0) is 16.0 Å². The van der Waals surface area contributed by atoms with Crippen molar-refractivity contribution >= 4 is 5.78 Å². The highest BCUT2D eigenvalue weighted by atomic mass is 16.5. The van der Waals surface area contributed by atoms with Gasteiger partial charge >= 0.3 is 0 Å². The van der Waals surface area contributed by atoms with E-state index in [4.69, 9.17) is 4.74 Å². The summed E-state index contributed by atoms with van der Waals surface area (Å²) in [6.07, 6.45) is 0.825. The summed E-state index contributed by atoms with van der Waals surface area (Å²) < 4.78 is 5.13. The Bertz CT molecular complexity index is 344. The molecule has 1 atom stereocenters. The minimum atomic E-state index is 0.0797. The first-order valence-electron chi connectivity index (χ1n) is 4.92. The lowest BCUT2D eigenvalue weighted by Gasteiger charge is -2.08. The van der Waals surface area contributed by atoms with Crippen molar-refractivity contribution in [1.82, 2.24) is 0 Å². The molecule has 2 heteroatoms. The number of aryl methyl sites for hydroxylation is 1. The molecule has 2 nitrogen and oxygen atoms in total. The van der Waals surface area contributed by atoms with E-state index in [2.05, 4.69) is 19.1 Å². The molecule has 1 fully saturated rings. The highest BCUT2D eigenvalue weighted by molar-refractivity contribution is 5.84. The second-order valence-electron chi connectivity index (χ2n) is 3.81. The lowest BCUT2D eigenvalue weighted by Crippen LogP contribution is -2.14. The Kier molecular flexibility index (Phi) is 2.64. The minimum absolute atomic E-state index is 0.0797. The van der Waals surface area contributed by atoms with Gasteiger partial charge in [0.1, 0.15) is 6.61 Å². The van der Waals surface area contributed by atoms with Gasteiger partial charge in [0.05, 0.1) is 6.61 Å². The molecule has 1 aliphatic rings. The van der Waals surface area contributed by atoms with E-state index < -0.39 is 0 Å². The average molecular weight is 190 g/mol. The minimum Gasteiger partial charge on any atom is -0.373 e. The average Bonchev–Trinajstić information content (AvgIpc) is 2.56. The summed E-state index contributed by atoms with van der Waals surface area (Å²) in [6, 6.07) is 8.20. The molecule has 2 rings (SSSR count). The number of ether oxygens (including phenoxy) is 1. The van der Waals surface area contributed by atoms with Gasteiger partial charge in [-0.2, -0.15) is 0 Å². The SMILES string of the molecule is Cc1ccccc1CC1COCC1=O. The van der Waals surface area contributed by atoms with E-state index in [1.807, 2.05) is 12.1 Å². The first-order valence-corrected chi connectivity index (χ1v) is 4.92. The molecular weight excluding hydrogens is 176 g/mol. The molecule has 0 aromatic heterocycles. The van der Waals surface area contributed by atoms with Crippen LogP contribution in [0, 0.1) is 12.8 Å². The molecule has 1 saturated heterocycles. The zero-order valence-corrected chi connectivity index (χ0v) is 8.32. The summed E-state index contributed by atoms with van der Waals surface area (Å²) in [5.41, 5.74) is 2.52. The van der Waals surface area contributed by atoms with E-state index >= 15 is 0 Å². The van der Waals surface area contributed by atoms with Crippen LogP contribution in [0.5, 0.6) is 0 Å². The Hall–Kier alpha value is -1.15. The van der Waals surface area contributed by atoms with Crippen LogP contribution in [0.4, 0.5) is 0 Å². The number of Topliss-reactive ketones (excluding diaryl/α,β-unsaturated/α-hetero) is 1. The summed E-state index contributed by atoms with van der Waals surface area (Å²) in [4.78, 5) is 11.4. The molecule has 0 amide bonds. The molecule has 0 bridgehead atoms. The third kappa shape index (κ3) is 1.85. The number of ketones is 1. The van der Waals surface area contributed by atoms with E-state index in [0.29, 0.717) is 13.2 Å². The molecule has 1 unspecified atom stereocenters. The number of carbonyl (C=O) groups excluding carboxylic acids is 1. The van der Waals surface area contributed by atoms with Crippen molar-refractivity contribution in [1.29, 1.82) is 0 Å². The predicted octanol–water partition coefficient (Wildman–Crippen LogP) is 1.75. The zero-order valence-electron chi connectivity index (χ0n) is 8.32. The van der Waals surface area contributed by atoms with E-state index in [-0.39, 0.29) is 11.7 Å². The number of hydrogen-bond donors (Lipinski definition) is 0. The summed E-state index contributed by atoms with van der Waals surface area (Å²) in [6.45, 7) is 2.97. The molecular formula is C12H14O2. The topological polar surface area (TPSA) is 26.3 Å². The Morgan fingerprint density at radius 3 is 2.86 bits per heavy atom. The van der Waals surface area contributed by atoms with Gasteiger partial charge in [-0.3, -0.25) is 4.79 Å². The Morgan fingerprint density at radius 2 is 2.21 bits per heavy atom. The van der Waals surface area contributed by atoms with Gasteiger partial charge in [0.25, 0.3) is 0 Å². The molecule has 1 aliphatic heterocycles. The first-order chi connectivity index (χ1) is 6.77. The standard InChI is InChI=1S/C12H14O2/c1-9-4-2-3-5-10(9)6-11-7-14-8-12(11)13/h2-5,11H,6-8H2,1H3. The van der Waals surface area contributed by atoms with E-state index in [0.717, 1.165) is 6.42 Å². The molecule has 0 aliphatic carbocycles. The number of rotatable bonds is 2. The molecule has 0 radical (unpaired) electrons. The summed E-state index contributed by atoms with van der Waals surface area (Å²) in [7, 11) is 0. The molecule has 1 aromatic rings. The van der Waals surface area contributed by atoms with Crippen LogP contribution in [0.15, 0.2) is 24.3 Å². The van der Waals surface area contributed by atoms with Crippen LogP contribution in [0.25, 0.3) is 0 Å². The van der Waals surface area contributed by atoms with Gasteiger partial charge in [-0.05, 0) is 24.5 Å². The van der Waals surface area contributed by atoms with Gasteiger partial charge in [0.2, 0.25) is 0 Å². The molecule has 1 heterocycles. The summed E-state index contributed by atoms with van der Waals surface area (Å²) in [5.74, 6) is 0.323. The van der Waals surface area contributed by atoms with Gasteiger partial charge in [-0.1, -0.05) is 24.3 Å². The lowest BCUT2D eigenvalue weighted by atomic mass is 9.95. The molecule has 0 spiro atoms. The lowest BCUT2D eigenvalue weighted by molar-refractivity contribution is -0.120. The smallest absolute Gasteiger partial charge is 0.164 e. The second kappa shape index (κ2) is 3.93. The highest BCUT2D eigenvalue weighted by Gasteiger charge is 2.25. The van der Waals surface area contributed by atoms with Crippen molar-refractivity contribution in [3.63, 3.8) is 0 Å². The van der Waals surface area contributed by atoms with Crippen molar-refractivity contribution < 1.29 is 9.53 Å². The van der Waals surface area contributed by atoms with Gasteiger partial charge in [0, 0.05) is 5.92 Å². The van der Waals surface area contributed by atoms with Gasteiger partial charge < -0.3 is 4.74 Å². The normalized spacial score (nSPS) is 21.5. The largest absolute Gasteiger partial charge is 0.373 e. The highest BCUT2D eigenvalue weighted by Crippen LogP contribution is 2.17. The van der Waals surface area contributed by atoms with Crippen molar-refractivity contribution in [2.45, 2.75) is 13.3 Å². The van der Waals surface area contributed by atoms with Crippen LogP contribution >= 0.6 is 0 Å². The fourth-order valence-corrected chi connectivity index (χ4v) is 1.79. The monoisotopic (exact) mass is 190 g/mol. The van der Waals surface area contributed by atoms with Crippen molar-refractivity contribution in [2.75, 3.05) is 13.2 Å². The fraction of sp³-hybridized carbons (Fsp3) is 0.417. The van der Waals surface area contributed by atoms with Crippen LogP contribution in [0.1, 0.15) is 11.1 Å². The number of benzene rings is 1. The van der Waals surface area contributed by atoms with Crippen molar-refractivity contribution in [3.8, 4) is 0 Å². The van der Waals surface area contributed by atoms with Crippen LogP contribution in [0.2, 0.25) is 0 Å². The third-order valence-electron chi connectivity index (χ3n) is 2.75. The van der Waals surface area contributed by atoms with Crippen LogP contribution in [0.3, 0.4) is 0 Å². The Balaban J connectivity index is 2.10. The zero-order chi connectivity index (χ0) is 9.97. The van der Waals surface area contributed by atoms with Gasteiger partial charge in [-0.25, -0.2) is 0 Å². The molecule has 14 heavy (non-hydrogen) atoms. The van der Waals surface area contributed by atoms with Crippen LogP contribution < -0.4 is 0 Å². The predicted molar refractivity (Wildman–Crippen MR) is 54.2 cm³/mol. The summed E-state index contributed by atoms with van der Waals surface area (Å²) in [5, 5.41) is 0. The molecule has 74 valence electrons. The van der Waals surface area contributed by atoms with Gasteiger partial charge in [0.15, 0.2) is 5.78 Å². The van der Waals surface area contributed by atoms with Gasteiger partial charge in [-0.15, -0.1) is 0 Å². The van der Waals surface area contributed by atoms with Crippen molar-refractivity contribution in [2.24, 2.45) is 5.92 Å². The molecule has 0 N–H and O–H groups in total. The Morgan fingerprint density at radius 1 is 1.43 bits per heavy atom. The summed E-state index contributed by atoms with van der Waals surface area (Å²) >= 11 is 0.